The minimum Gasteiger partial charge on any atom is -0.496 e. The minimum absolute atomic E-state index is 0.213. The Kier molecular flexibility index (Phi) is 3.65. The van der Waals surface area contributed by atoms with Crippen LogP contribution in [0.1, 0.15) is 31.4 Å². The topological polar surface area (TPSA) is 75.6 Å². The molecule has 1 saturated carbocycles. The van der Waals surface area contributed by atoms with Crippen molar-refractivity contribution in [1.29, 1.82) is 0 Å². The summed E-state index contributed by atoms with van der Waals surface area (Å²) in [5.74, 6) is -1.90. The van der Waals surface area contributed by atoms with E-state index in [-0.39, 0.29) is 5.56 Å². The number of amides is 1. The highest BCUT2D eigenvalue weighted by molar-refractivity contribution is 6.04. The molecule has 0 radical (unpaired) electrons. The molecule has 0 heterocycles. The molecule has 0 spiro atoms. The molecular weight excluding hydrogens is 265 g/mol. The number of carbonyl (C=O) groups excluding carboxylic acids is 1. The first-order valence-electron chi connectivity index (χ1n) is 6.29. The number of methoxy groups -OCH3 is 1. The number of rotatable bonds is 5. The van der Waals surface area contributed by atoms with Crippen LogP contribution in [0.15, 0.2) is 18.2 Å². The summed E-state index contributed by atoms with van der Waals surface area (Å²) in [6.45, 7) is 1.59. The molecule has 6 heteroatoms. The molecule has 1 atom stereocenters. The van der Waals surface area contributed by atoms with Crippen LogP contribution in [0.25, 0.3) is 0 Å². The molecule has 0 bridgehead atoms. The molecule has 1 amide bonds. The van der Waals surface area contributed by atoms with Gasteiger partial charge in [0.05, 0.1) is 18.7 Å². The summed E-state index contributed by atoms with van der Waals surface area (Å²) >= 11 is 0. The molecule has 5 nitrogen and oxygen atoms in total. The Bertz CT molecular complexity index is 554. The Morgan fingerprint density at radius 1 is 1.45 bits per heavy atom. The highest BCUT2D eigenvalue weighted by Crippen LogP contribution is 2.46. The molecule has 2 rings (SSSR count). The van der Waals surface area contributed by atoms with Crippen LogP contribution in [0.3, 0.4) is 0 Å². The molecule has 1 aromatic rings. The fraction of sp³-hybridized carbons (Fsp3) is 0.429. The zero-order valence-electron chi connectivity index (χ0n) is 11.3. The van der Waals surface area contributed by atoms with E-state index in [1.807, 2.05) is 0 Å². The van der Waals surface area contributed by atoms with Crippen molar-refractivity contribution in [1.82, 2.24) is 5.32 Å². The predicted octanol–water partition coefficient (Wildman–Crippen LogP) is 1.88. The third kappa shape index (κ3) is 2.33. The van der Waals surface area contributed by atoms with Crippen molar-refractivity contribution in [2.75, 3.05) is 7.11 Å². The van der Waals surface area contributed by atoms with Crippen LogP contribution < -0.4 is 10.1 Å². The van der Waals surface area contributed by atoms with Crippen molar-refractivity contribution in [2.45, 2.75) is 25.8 Å². The maximum atomic E-state index is 13.9. The first-order chi connectivity index (χ1) is 9.42. The van der Waals surface area contributed by atoms with Crippen LogP contribution in [-0.4, -0.2) is 24.1 Å². The monoisotopic (exact) mass is 281 g/mol. The number of nitrogens with one attached hydrogen (secondary N) is 1. The molecule has 1 fully saturated rings. The van der Waals surface area contributed by atoms with Crippen LogP contribution in [-0.2, 0) is 9.59 Å². The van der Waals surface area contributed by atoms with E-state index in [4.69, 9.17) is 9.84 Å². The molecule has 20 heavy (non-hydrogen) atoms. The van der Waals surface area contributed by atoms with Gasteiger partial charge in [0.25, 0.3) is 0 Å². The number of carboxylic acid groups (broad SMARTS) is 1. The molecule has 0 aromatic heterocycles. The number of hydrogen-bond donors (Lipinski definition) is 2. The number of benzene rings is 1. The second-order valence-electron chi connectivity index (χ2n) is 4.94. The van der Waals surface area contributed by atoms with Crippen LogP contribution in [0.4, 0.5) is 4.39 Å². The number of hydrogen-bond acceptors (Lipinski definition) is 3. The van der Waals surface area contributed by atoms with Crippen LogP contribution in [0.5, 0.6) is 5.75 Å². The summed E-state index contributed by atoms with van der Waals surface area (Å²) in [6.07, 6.45) is 0.630. The smallest absolute Gasteiger partial charge is 0.319 e. The summed E-state index contributed by atoms with van der Waals surface area (Å²) < 4.78 is 18.9. The van der Waals surface area contributed by atoms with Gasteiger partial charge < -0.3 is 15.2 Å². The van der Waals surface area contributed by atoms with Gasteiger partial charge in [0.15, 0.2) is 0 Å². The predicted molar refractivity (Wildman–Crippen MR) is 68.8 cm³/mol. The third-order valence-corrected chi connectivity index (χ3v) is 3.61. The lowest BCUT2D eigenvalue weighted by molar-refractivity contribution is -0.149. The average Bonchev–Trinajstić information content (AvgIpc) is 3.19. The van der Waals surface area contributed by atoms with Gasteiger partial charge in [-0.05, 0) is 31.9 Å². The Morgan fingerprint density at radius 2 is 2.10 bits per heavy atom. The van der Waals surface area contributed by atoms with E-state index >= 15 is 0 Å². The fourth-order valence-corrected chi connectivity index (χ4v) is 2.19. The van der Waals surface area contributed by atoms with Gasteiger partial charge in [-0.3, -0.25) is 9.59 Å². The van der Waals surface area contributed by atoms with Crippen molar-refractivity contribution in [2.24, 2.45) is 5.41 Å². The number of halogens is 1. The molecule has 108 valence electrons. The van der Waals surface area contributed by atoms with Gasteiger partial charge >= 0.3 is 5.97 Å². The lowest BCUT2D eigenvalue weighted by Gasteiger charge is -2.20. The Morgan fingerprint density at radius 3 is 2.60 bits per heavy atom. The normalized spacial score (nSPS) is 17.1. The van der Waals surface area contributed by atoms with Crippen LogP contribution >= 0.6 is 0 Å². The summed E-state index contributed by atoms with van der Waals surface area (Å²) in [7, 11) is 1.41. The third-order valence-electron chi connectivity index (χ3n) is 3.61. The van der Waals surface area contributed by atoms with Gasteiger partial charge in [0.1, 0.15) is 17.0 Å². The minimum atomic E-state index is -1.34. The quantitative estimate of drug-likeness (QED) is 0.808. The number of aliphatic carboxylic acids is 1. The lowest BCUT2D eigenvalue weighted by Crippen LogP contribution is -2.38. The molecule has 0 aliphatic heterocycles. The van der Waals surface area contributed by atoms with Crippen molar-refractivity contribution in [3.63, 3.8) is 0 Å². The van der Waals surface area contributed by atoms with Crippen molar-refractivity contribution in [3.05, 3.63) is 29.6 Å². The van der Waals surface area contributed by atoms with Crippen molar-refractivity contribution < 1.29 is 23.8 Å². The number of carboxylic acids is 1. The second-order valence-corrected chi connectivity index (χ2v) is 4.94. The molecule has 1 aromatic carbocycles. The number of ether oxygens (including phenoxy) is 1. The largest absolute Gasteiger partial charge is 0.496 e. The van der Waals surface area contributed by atoms with Gasteiger partial charge in [0, 0.05) is 0 Å². The van der Waals surface area contributed by atoms with E-state index in [0.717, 1.165) is 0 Å². The van der Waals surface area contributed by atoms with Crippen molar-refractivity contribution >= 4 is 11.9 Å². The van der Waals surface area contributed by atoms with Gasteiger partial charge in [-0.15, -0.1) is 0 Å². The standard InChI is InChI=1S/C14H16FNO4/c1-8(11-9(15)4-3-5-10(11)20-2)16-12(17)14(6-7-14)13(18)19/h3-5,8H,6-7H2,1-2H3,(H,16,17)(H,18,19)/t8-/m0/s1. The molecule has 0 saturated heterocycles. The SMILES string of the molecule is COc1cccc(F)c1[C@H](C)NC(=O)C1(C(=O)O)CC1. The maximum Gasteiger partial charge on any atom is 0.319 e. The van der Waals surface area contributed by atoms with E-state index in [9.17, 15) is 14.0 Å². The zero-order chi connectivity index (χ0) is 14.9. The summed E-state index contributed by atoms with van der Waals surface area (Å²) in [5, 5.41) is 11.6. The van der Waals surface area contributed by atoms with E-state index in [1.54, 1.807) is 13.0 Å². The fourth-order valence-electron chi connectivity index (χ4n) is 2.19. The highest BCUT2D eigenvalue weighted by atomic mass is 19.1. The Hall–Kier alpha value is -2.11. The van der Waals surface area contributed by atoms with Gasteiger partial charge in [0.2, 0.25) is 5.91 Å². The van der Waals surface area contributed by atoms with Gasteiger partial charge in [-0.1, -0.05) is 6.07 Å². The first kappa shape index (κ1) is 14.3. The van der Waals surface area contributed by atoms with E-state index in [2.05, 4.69) is 5.32 Å². The van der Waals surface area contributed by atoms with Gasteiger partial charge in [-0.2, -0.15) is 0 Å². The lowest BCUT2D eigenvalue weighted by atomic mass is 10.0. The average molecular weight is 281 g/mol. The Balaban J connectivity index is 2.19. The molecule has 0 unspecified atom stereocenters. The molecule has 2 N–H and O–H groups in total. The Labute approximate surface area is 115 Å². The molecular formula is C14H16FNO4. The number of carbonyl (C=O) groups is 2. The maximum absolute atomic E-state index is 13.9. The van der Waals surface area contributed by atoms with E-state index in [1.165, 1.54) is 19.2 Å². The molecule has 1 aliphatic carbocycles. The van der Waals surface area contributed by atoms with Crippen LogP contribution in [0.2, 0.25) is 0 Å². The first-order valence-corrected chi connectivity index (χ1v) is 6.29. The van der Waals surface area contributed by atoms with Crippen LogP contribution in [0, 0.1) is 11.2 Å². The summed E-state index contributed by atoms with van der Waals surface area (Å²) in [5.41, 5.74) is -1.13. The second kappa shape index (κ2) is 5.11. The molecule has 1 aliphatic rings. The van der Waals surface area contributed by atoms with Gasteiger partial charge in [-0.25, -0.2) is 4.39 Å². The van der Waals surface area contributed by atoms with E-state index < -0.39 is 29.2 Å². The summed E-state index contributed by atoms with van der Waals surface area (Å²) in [6, 6.07) is 3.69. The van der Waals surface area contributed by atoms with E-state index in [0.29, 0.717) is 18.6 Å². The summed E-state index contributed by atoms with van der Waals surface area (Å²) in [4.78, 5) is 23.1. The van der Waals surface area contributed by atoms with Crippen molar-refractivity contribution in [3.8, 4) is 5.75 Å². The highest BCUT2D eigenvalue weighted by Gasteiger charge is 2.57. The zero-order valence-corrected chi connectivity index (χ0v) is 11.3.